The van der Waals surface area contributed by atoms with E-state index in [9.17, 15) is 4.39 Å². The second-order valence-corrected chi connectivity index (χ2v) is 6.91. The molecule has 7 nitrogen and oxygen atoms in total. The molecule has 8 heteroatoms. The molecule has 1 fully saturated rings. The first-order valence-electron chi connectivity index (χ1n) is 9.63. The molecule has 0 amide bonds. The highest BCUT2D eigenvalue weighted by molar-refractivity contribution is 5.80. The molecule has 150 valence electrons. The Kier molecular flexibility index (Phi) is 5.69. The van der Waals surface area contributed by atoms with Crippen molar-refractivity contribution in [3.8, 4) is 5.69 Å². The number of pyridine rings is 1. The average Bonchev–Trinajstić information content (AvgIpc) is 3.44. The van der Waals surface area contributed by atoms with Gasteiger partial charge in [-0.1, -0.05) is 18.2 Å². The second kappa shape index (κ2) is 8.72. The van der Waals surface area contributed by atoms with E-state index < -0.39 is 0 Å². The Morgan fingerprint density at radius 2 is 2.14 bits per heavy atom. The molecule has 1 aliphatic rings. The number of benzene rings is 1. The van der Waals surface area contributed by atoms with Crippen LogP contribution in [-0.2, 0) is 6.54 Å². The number of para-hydroxylation sites is 1. The fourth-order valence-corrected chi connectivity index (χ4v) is 3.56. The summed E-state index contributed by atoms with van der Waals surface area (Å²) in [4.78, 5) is 14.6. The molecular weight excluding hydrogens is 369 g/mol. The standard InChI is InChI=1S/C21H24FN7/c1-23-21(26-13-16-5-2-3-7-19(16)29-12-10-24-15-29)27-17-8-11-28(14-17)20-18(22)6-4-9-25-20/h2-7,9-10,12,15,17H,8,11,13-14H2,1H3,(H2,23,26,27). The van der Waals surface area contributed by atoms with Gasteiger partial charge in [-0.15, -0.1) is 0 Å². The van der Waals surface area contributed by atoms with Gasteiger partial charge in [0.2, 0.25) is 0 Å². The van der Waals surface area contributed by atoms with Crippen molar-refractivity contribution < 1.29 is 4.39 Å². The maximum Gasteiger partial charge on any atom is 0.191 e. The van der Waals surface area contributed by atoms with Gasteiger partial charge in [0.1, 0.15) is 0 Å². The van der Waals surface area contributed by atoms with Gasteiger partial charge in [0.25, 0.3) is 0 Å². The number of hydrogen-bond acceptors (Lipinski definition) is 4. The van der Waals surface area contributed by atoms with Gasteiger partial charge in [-0.2, -0.15) is 0 Å². The number of hydrogen-bond donors (Lipinski definition) is 2. The molecule has 1 aromatic carbocycles. The molecule has 3 heterocycles. The van der Waals surface area contributed by atoms with E-state index in [0.29, 0.717) is 18.9 Å². The van der Waals surface area contributed by atoms with E-state index >= 15 is 0 Å². The van der Waals surface area contributed by atoms with Crippen LogP contribution >= 0.6 is 0 Å². The molecule has 2 aromatic heterocycles. The van der Waals surface area contributed by atoms with Crippen molar-refractivity contribution in [1.29, 1.82) is 0 Å². The molecular formula is C21H24FN7. The summed E-state index contributed by atoms with van der Waals surface area (Å²) in [5, 5.41) is 6.82. The SMILES string of the molecule is CN=C(NCc1ccccc1-n1ccnc1)NC1CCN(c2ncccc2F)C1. The summed E-state index contributed by atoms with van der Waals surface area (Å²) in [5.41, 5.74) is 2.21. The largest absolute Gasteiger partial charge is 0.352 e. The lowest BCUT2D eigenvalue weighted by Gasteiger charge is -2.20. The predicted octanol–water partition coefficient (Wildman–Crippen LogP) is 2.35. The van der Waals surface area contributed by atoms with Crippen molar-refractivity contribution in [2.45, 2.75) is 19.0 Å². The molecule has 1 atom stereocenters. The van der Waals surface area contributed by atoms with Crippen LogP contribution in [0.2, 0.25) is 0 Å². The number of nitrogens with zero attached hydrogens (tertiary/aromatic N) is 5. The number of anilines is 1. The van der Waals surface area contributed by atoms with E-state index in [0.717, 1.165) is 30.2 Å². The van der Waals surface area contributed by atoms with Crippen molar-refractivity contribution in [3.05, 3.63) is 72.7 Å². The summed E-state index contributed by atoms with van der Waals surface area (Å²) in [7, 11) is 1.75. The van der Waals surface area contributed by atoms with E-state index in [1.54, 1.807) is 31.8 Å². The first-order chi connectivity index (χ1) is 14.2. The minimum absolute atomic E-state index is 0.173. The van der Waals surface area contributed by atoms with Crippen molar-refractivity contribution in [2.24, 2.45) is 4.99 Å². The third-order valence-corrected chi connectivity index (χ3v) is 5.01. The third-order valence-electron chi connectivity index (χ3n) is 5.01. The highest BCUT2D eigenvalue weighted by Gasteiger charge is 2.25. The van der Waals surface area contributed by atoms with Gasteiger partial charge >= 0.3 is 0 Å². The van der Waals surface area contributed by atoms with Gasteiger partial charge in [0.05, 0.1) is 12.0 Å². The van der Waals surface area contributed by atoms with Crippen LogP contribution in [0.4, 0.5) is 10.2 Å². The zero-order valence-corrected chi connectivity index (χ0v) is 16.3. The maximum atomic E-state index is 14.0. The van der Waals surface area contributed by atoms with E-state index in [4.69, 9.17) is 0 Å². The molecule has 0 radical (unpaired) electrons. The molecule has 0 saturated carbocycles. The first kappa shape index (κ1) is 18.9. The summed E-state index contributed by atoms with van der Waals surface area (Å²) in [6, 6.07) is 11.4. The zero-order valence-electron chi connectivity index (χ0n) is 16.3. The molecule has 1 unspecified atom stereocenters. The molecule has 2 N–H and O–H groups in total. The quantitative estimate of drug-likeness (QED) is 0.514. The van der Waals surface area contributed by atoms with Crippen molar-refractivity contribution in [3.63, 3.8) is 0 Å². The minimum atomic E-state index is -0.285. The molecule has 3 aromatic rings. The number of imidazole rings is 1. The lowest BCUT2D eigenvalue weighted by molar-refractivity contribution is 0.612. The summed E-state index contributed by atoms with van der Waals surface area (Å²) in [5.74, 6) is 0.847. The van der Waals surface area contributed by atoms with Gasteiger partial charge < -0.3 is 20.1 Å². The number of nitrogens with one attached hydrogen (secondary N) is 2. The molecule has 29 heavy (non-hydrogen) atoms. The Labute approximate surface area is 169 Å². The Morgan fingerprint density at radius 3 is 2.93 bits per heavy atom. The summed E-state index contributed by atoms with van der Waals surface area (Å²) < 4.78 is 16.0. The van der Waals surface area contributed by atoms with Crippen LogP contribution in [-0.4, -0.2) is 46.7 Å². The van der Waals surface area contributed by atoms with Crippen molar-refractivity contribution in [2.75, 3.05) is 25.0 Å². The van der Waals surface area contributed by atoms with E-state index in [1.807, 2.05) is 27.8 Å². The van der Waals surface area contributed by atoms with E-state index in [2.05, 4.69) is 37.7 Å². The molecule has 0 spiro atoms. The van der Waals surface area contributed by atoms with Crippen LogP contribution < -0.4 is 15.5 Å². The topological polar surface area (TPSA) is 70.4 Å². The van der Waals surface area contributed by atoms with E-state index in [-0.39, 0.29) is 11.9 Å². The molecule has 4 rings (SSSR count). The van der Waals surface area contributed by atoms with Gasteiger partial charge in [0.15, 0.2) is 17.6 Å². The monoisotopic (exact) mass is 393 g/mol. The first-order valence-corrected chi connectivity index (χ1v) is 9.63. The zero-order chi connectivity index (χ0) is 20.1. The smallest absolute Gasteiger partial charge is 0.191 e. The van der Waals surface area contributed by atoms with Crippen LogP contribution in [0, 0.1) is 5.82 Å². The van der Waals surface area contributed by atoms with Crippen LogP contribution in [0.1, 0.15) is 12.0 Å². The number of guanidine groups is 1. The number of halogens is 1. The third kappa shape index (κ3) is 4.37. The fourth-order valence-electron chi connectivity index (χ4n) is 3.56. The van der Waals surface area contributed by atoms with Gasteiger partial charge in [-0.25, -0.2) is 14.4 Å². The van der Waals surface area contributed by atoms with Crippen LogP contribution in [0.5, 0.6) is 0 Å². The Hall–Kier alpha value is -3.42. The predicted molar refractivity (Wildman–Crippen MR) is 112 cm³/mol. The number of rotatable bonds is 5. The number of aromatic nitrogens is 3. The highest BCUT2D eigenvalue weighted by atomic mass is 19.1. The summed E-state index contributed by atoms with van der Waals surface area (Å²) >= 11 is 0. The van der Waals surface area contributed by atoms with Crippen molar-refractivity contribution >= 4 is 11.8 Å². The van der Waals surface area contributed by atoms with Gasteiger partial charge in [-0.3, -0.25) is 4.99 Å². The summed E-state index contributed by atoms with van der Waals surface area (Å²) in [6.45, 7) is 2.06. The lowest BCUT2D eigenvalue weighted by atomic mass is 10.1. The van der Waals surface area contributed by atoms with Gasteiger partial charge in [0, 0.05) is 51.3 Å². The highest BCUT2D eigenvalue weighted by Crippen LogP contribution is 2.20. The maximum absolute atomic E-state index is 14.0. The fraction of sp³-hybridized carbons (Fsp3) is 0.286. The second-order valence-electron chi connectivity index (χ2n) is 6.91. The van der Waals surface area contributed by atoms with Crippen LogP contribution in [0.25, 0.3) is 5.69 Å². The van der Waals surface area contributed by atoms with E-state index in [1.165, 1.54) is 6.07 Å². The van der Waals surface area contributed by atoms with Crippen LogP contribution in [0.15, 0.2) is 66.3 Å². The minimum Gasteiger partial charge on any atom is -0.352 e. The van der Waals surface area contributed by atoms with Gasteiger partial charge in [-0.05, 0) is 30.2 Å². The Morgan fingerprint density at radius 1 is 1.24 bits per heavy atom. The molecule has 1 saturated heterocycles. The molecule has 0 bridgehead atoms. The van der Waals surface area contributed by atoms with Crippen LogP contribution in [0.3, 0.4) is 0 Å². The molecule has 1 aliphatic heterocycles. The normalized spacial score (nSPS) is 16.8. The Bertz CT molecular complexity index is 971. The van der Waals surface area contributed by atoms with Crippen molar-refractivity contribution in [1.82, 2.24) is 25.2 Å². The molecule has 0 aliphatic carbocycles. The summed E-state index contributed by atoms with van der Waals surface area (Å²) in [6.07, 6.45) is 7.99. The Balaban J connectivity index is 1.36. The average molecular weight is 393 g/mol. The number of aliphatic imine (C=N–C) groups is 1. The lowest BCUT2D eigenvalue weighted by Crippen LogP contribution is -2.44.